The van der Waals surface area contributed by atoms with Crippen LogP contribution in [0.2, 0.25) is 0 Å². The molecule has 5 heteroatoms. The quantitative estimate of drug-likeness (QED) is 0.739. The summed E-state index contributed by atoms with van der Waals surface area (Å²) < 4.78 is 15.8. The van der Waals surface area contributed by atoms with Gasteiger partial charge in [-0.05, 0) is 55.7 Å². The number of amides is 1. The highest BCUT2D eigenvalue weighted by molar-refractivity contribution is 5.94. The summed E-state index contributed by atoms with van der Waals surface area (Å²) in [5, 5.41) is 7.44. The van der Waals surface area contributed by atoms with E-state index in [2.05, 4.69) is 10.4 Å². The molecule has 134 valence electrons. The minimum absolute atomic E-state index is 0.220. The molecule has 0 aliphatic carbocycles. The SMILES string of the molecule is CCCNC(=O)c1cc(-c2ccccc2F)nn1-c1cc(C)ccc1C. The van der Waals surface area contributed by atoms with E-state index in [1.807, 2.05) is 39.0 Å². The van der Waals surface area contributed by atoms with Crippen molar-refractivity contribution in [1.82, 2.24) is 15.1 Å². The zero-order valence-corrected chi connectivity index (χ0v) is 15.2. The van der Waals surface area contributed by atoms with Gasteiger partial charge in [-0.25, -0.2) is 9.07 Å². The zero-order chi connectivity index (χ0) is 18.7. The van der Waals surface area contributed by atoms with Crippen molar-refractivity contribution in [3.8, 4) is 16.9 Å². The molecule has 1 amide bonds. The van der Waals surface area contributed by atoms with Gasteiger partial charge in [0, 0.05) is 12.1 Å². The second-order valence-corrected chi connectivity index (χ2v) is 6.35. The van der Waals surface area contributed by atoms with Crippen LogP contribution >= 0.6 is 0 Å². The van der Waals surface area contributed by atoms with Crippen LogP contribution in [0.3, 0.4) is 0 Å². The van der Waals surface area contributed by atoms with Crippen molar-refractivity contribution >= 4 is 5.91 Å². The van der Waals surface area contributed by atoms with E-state index in [1.54, 1.807) is 28.9 Å². The Morgan fingerprint density at radius 1 is 1.15 bits per heavy atom. The zero-order valence-electron chi connectivity index (χ0n) is 15.2. The average Bonchev–Trinajstić information content (AvgIpc) is 3.07. The van der Waals surface area contributed by atoms with Crippen molar-refractivity contribution in [2.24, 2.45) is 0 Å². The van der Waals surface area contributed by atoms with Gasteiger partial charge in [0.15, 0.2) is 0 Å². The van der Waals surface area contributed by atoms with E-state index in [1.165, 1.54) is 6.07 Å². The highest BCUT2D eigenvalue weighted by Gasteiger charge is 2.19. The van der Waals surface area contributed by atoms with Crippen LogP contribution < -0.4 is 5.32 Å². The van der Waals surface area contributed by atoms with Crippen LogP contribution in [0.15, 0.2) is 48.5 Å². The highest BCUT2D eigenvalue weighted by atomic mass is 19.1. The molecule has 1 heterocycles. The summed E-state index contributed by atoms with van der Waals surface area (Å²) >= 11 is 0. The smallest absolute Gasteiger partial charge is 0.270 e. The number of rotatable bonds is 5. The lowest BCUT2D eigenvalue weighted by Crippen LogP contribution is -2.26. The monoisotopic (exact) mass is 351 g/mol. The molecule has 1 N–H and O–H groups in total. The van der Waals surface area contributed by atoms with Gasteiger partial charge in [0.2, 0.25) is 0 Å². The Balaban J connectivity index is 2.16. The van der Waals surface area contributed by atoms with E-state index < -0.39 is 0 Å². The summed E-state index contributed by atoms with van der Waals surface area (Å²) in [6.45, 7) is 6.52. The first-order chi connectivity index (χ1) is 12.5. The Morgan fingerprint density at radius 2 is 1.92 bits per heavy atom. The third kappa shape index (κ3) is 3.52. The molecule has 0 spiro atoms. The Hall–Kier alpha value is -2.95. The van der Waals surface area contributed by atoms with Gasteiger partial charge >= 0.3 is 0 Å². The number of hydrogen-bond donors (Lipinski definition) is 1. The molecule has 0 unspecified atom stereocenters. The van der Waals surface area contributed by atoms with E-state index in [0.717, 1.165) is 23.2 Å². The minimum atomic E-state index is -0.362. The number of benzene rings is 2. The second kappa shape index (κ2) is 7.52. The Morgan fingerprint density at radius 3 is 2.65 bits per heavy atom. The number of halogens is 1. The van der Waals surface area contributed by atoms with Crippen molar-refractivity contribution in [3.63, 3.8) is 0 Å². The molecule has 4 nitrogen and oxygen atoms in total. The fraction of sp³-hybridized carbons (Fsp3) is 0.238. The van der Waals surface area contributed by atoms with Gasteiger partial charge in [0.05, 0.1) is 11.4 Å². The first-order valence-corrected chi connectivity index (χ1v) is 8.72. The minimum Gasteiger partial charge on any atom is -0.351 e. The van der Waals surface area contributed by atoms with Crippen LogP contribution in [0.1, 0.15) is 35.0 Å². The molecule has 0 radical (unpaired) electrons. The number of carbonyl (C=O) groups excluding carboxylic acids is 1. The van der Waals surface area contributed by atoms with Gasteiger partial charge in [-0.2, -0.15) is 5.10 Å². The Labute approximate surface area is 152 Å². The summed E-state index contributed by atoms with van der Waals surface area (Å²) in [4.78, 5) is 12.7. The molecule has 0 bridgehead atoms. The molecule has 0 atom stereocenters. The number of nitrogens with one attached hydrogen (secondary N) is 1. The lowest BCUT2D eigenvalue weighted by atomic mass is 10.1. The number of aryl methyl sites for hydroxylation is 2. The number of carbonyl (C=O) groups is 1. The maximum atomic E-state index is 14.2. The molecular weight excluding hydrogens is 329 g/mol. The van der Waals surface area contributed by atoms with Crippen LogP contribution in [0.5, 0.6) is 0 Å². The van der Waals surface area contributed by atoms with Gasteiger partial charge < -0.3 is 5.32 Å². The van der Waals surface area contributed by atoms with Gasteiger partial charge in [0.25, 0.3) is 5.91 Å². The number of hydrogen-bond acceptors (Lipinski definition) is 2. The molecule has 3 aromatic rings. The van der Waals surface area contributed by atoms with Crippen LogP contribution in [0, 0.1) is 19.7 Å². The van der Waals surface area contributed by atoms with Crippen LogP contribution in [-0.4, -0.2) is 22.2 Å². The third-order valence-corrected chi connectivity index (χ3v) is 4.22. The molecule has 0 saturated carbocycles. The normalized spacial score (nSPS) is 10.8. The Bertz CT molecular complexity index is 946. The number of aromatic nitrogens is 2. The molecule has 0 aliphatic rings. The van der Waals surface area contributed by atoms with Gasteiger partial charge in [0.1, 0.15) is 11.5 Å². The summed E-state index contributed by atoms with van der Waals surface area (Å²) in [5.74, 6) is -0.582. The van der Waals surface area contributed by atoms with Crippen LogP contribution in [0.25, 0.3) is 16.9 Å². The second-order valence-electron chi connectivity index (χ2n) is 6.35. The molecule has 0 fully saturated rings. The standard InChI is InChI=1S/C21H22FN3O/c1-4-11-23-21(26)20-13-18(16-7-5-6-8-17(16)22)24-25(20)19-12-14(2)9-10-15(19)3/h5-10,12-13H,4,11H2,1-3H3,(H,23,26). The largest absolute Gasteiger partial charge is 0.351 e. The fourth-order valence-corrected chi connectivity index (χ4v) is 2.80. The molecule has 3 rings (SSSR count). The third-order valence-electron chi connectivity index (χ3n) is 4.22. The predicted octanol–water partition coefficient (Wildman–Crippen LogP) is 4.44. The van der Waals surface area contributed by atoms with Gasteiger partial charge in [-0.15, -0.1) is 0 Å². The first-order valence-electron chi connectivity index (χ1n) is 8.72. The van der Waals surface area contributed by atoms with Gasteiger partial charge in [-0.3, -0.25) is 4.79 Å². The van der Waals surface area contributed by atoms with Gasteiger partial charge in [-0.1, -0.05) is 31.2 Å². The summed E-state index contributed by atoms with van der Waals surface area (Å²) in [6.07, 6.45) is 0.837. The maximum absolute atomic E-state index is 14.2. The first kappa shape index (κ1) is 17.9. The highest BCUT2D eigenvalue weighted by Crippen LogP contribution is 2.25. The lowest BCUT2D eigenvalue weighted by Gasteiger charge is -2.11. The van der Waals surface area contributed by atoms with E-state index in [0.29, 0.717) is 23.5 Å². The fourth-order valence-electron chi connectivity index (χ4n) is 2.80. The van der Waals surface area contributed by atoms with Crippen molar-refractivity contribution in [2.75, 3.05) is 6.54 Å². The average molecular weight is 351 g/mol. The van der Waals surface area contributed by atoms with Crippen molar-refractivity contribution in [1.29, 1.82) is 0 Å². The van der Waals surface area contributed by atoms with Crippen LogP contribution in [0.4, 0.5) is 4.39 Å². The predicted molar refractivity (Wildman–Crippen MR) is 101 cm³/mol. The van der Waals surface area contributed by atoms with E-state index in [9.17, 15) is 9.18 Å². The number of nitrogens with zero attached hydrogens (tertiary/aromatic N) is 2. The molecular formula is C21H22FN3O. The van der Waals surface area contributed by atoms with E-state index in [-0.39, 0.29) is 11.7 Å². The van der Waals surface area contributed by atoms with E-state index in [4.69, 9.17) is 0 Å². The molecule has 1 aromatic heterocycles. The molecule has 0 aliphatic heterocycles. The summed E-state index contributed by atoms with van der Waals surface area (Å²) in [5.41, 5.74) is 4.07. The topological polar surface area (TPSA) is 46.9 Å². The Kier molecular flexibility index (Phi) is 5.16. The summed E-state index contributed by atoms with van der Waals surface area (Å²) in [6, 6.07) is 14.1. The molecule has 2 aromatic carbocycles. The summed E-state index contributed by atoms with van der Waals surface area (Å²) in [7, 11) is 0. The lowest BCUT2D eigenvalue weighted by molar-refractivity contribution is 0.0946. The van der Waals surface area contributed by atoms with Crippen molar-refractivity contribution < 1.29 is 9.18 Å². The van der Waals surface area contributed by atoms with Crippen LogP contribution in [-0.2, 0) is 0 Å². The van der Waals surface area contributed by atoms with Crippen molar-refractivity contribution in [2.45, 2.75) is 27.2 Å². The molecule has 0 saturated heterocycles. The van der Waals surface area contributed by atoms with Crippen molar-refractivity contribution in [3.05, 3.63) is 71.2 Å². The molecule has 26 heavy (non-hydrogen) atoms. The van der Waals surface area contributed by atoms with E-state index >= 15 is 0 Å². The maximum Gasteiger partial charge on any atom is 0.270 e.